The van der Waals surface area contributed by atoms with Gasteiger partial charge in [0.1, 0.15) is 11.6 Å². The highest BCUT2D eigenvalue weighted by Crippen LogP contribution is 2.30. The third-order valence-corrected chi connectivity index (χ3v) is 4.09. The van der Waals surface area contributed by atoms with Crippen LogP contribution in [0.3, 0.4) is 0 Å². The van der Waals surface area contributed by atoms with Crippen molar-refractivity contribution in [3.05, 3.63) is 68.7 Å². The first-order valence-corrected chi connectivity index (χ1v) is 6.79. The number of nitrogens with two attached hydrogens (primary N) is 1. The van der Waals surface area contributed by atoms with Crippen LogP contribution in [0.25, 0.3) is 0 Å². The number of hydrogen-bond acceptors (Lipinski definition) is 1. The molecule has 0 aromatic heterocycles. The first-order valence-electron chi connectivity index (χ1n) is 5.62. The first kappa shape index (κ1) is 14.4. The molecule has 1 nitrogen and oxygen atoms in total. The van der Waals surface area contributed by atoms with Crippen molar-refractivity contribution < 1.29 is 8.78 Å². The van der Waals surface area contributed by atoms with Crippen molar-refractivity contribution in [3.63, 3.8) is 0 Å². The average Bonchev–Trinajstić information content (AvgIpc) is 2.39. The van der Waals surface area contributed by atoms with Crippen LogP contribution in [0.4, 0.5) is 8.78 Å². The first-order chi connectivity index (χ1) is 8.99. The lowest BCUT2D eigenvalue weighted by molar-refractivity contribution is 0.579. The van der Waals surface area contributed by atoms with Gasteiger partial charge in [0.15, 0.2) is 0 Å². The smallest absolute Gasteiger partial charge is 0.147 e. The zero-order valence-electron chi connectivity index (χ0n) is 9.84. The molecule has 1 unspecified atom stereocenters. The van der Waals surface area contributed by atoms with E-state index in [0.717, 1.165) is 5.56 Å². The van der Waals surface area contributed by atoms with Gasteiger partial charge in [-0.3, -0.25) is 0 Å². The van der Waals surface area contributed by atoms with Crippen molar-refractivity contribution in [2.45, 2.75) is 12.5 Å². The maximum absolute atomic E-state index is 14.0. The molecule has 0 amide bonds. The Morgan fingerprint density at radius 2 is 1.74 bits per heavy atom. The molecule has 0 aliphatic heterocycles. The van der Waals surface area contributed by atoms with Gasteiger partial charge in [-0.25, -0.2) is 8.78 Å². The maximum Gasteiger partial charge on any atom is 0.147 e. The molecule has 100 valence electrons. The van der Waals surface area contributed by atoms with Gasteiger partial charge in [-0.15, -0.1) is 0 Å². The van der Waals surface area contributed by atoms with Gasteiger partial charge in [-0.1, -0.05) is 29.8 Å². The van der Waals surface area contributed by atoms with Crippen LogP contribution in [0.2, 0.25) is 5.02 Å². The minimum atomic E-state index is -0.531. The van der Waals surface area contributed by atoms with E-state index in [1.807, 2.05) is 0 Å². The maximum atomic E-state index is 14.0. The van der Waals surface area contributed by atoms with Crippen molar-refractivity contribution in [1.29, 1.82) is 0 Å². The standard InChI is InChI=1S/C14H11BrClF2N/c15-11-6-5-10(14(18)13(11)16)12(19)7-8-1-3-9(17)4-2-8/h1-6,12H,7,19H2. The summed E-state index contributed by atoms with van der Waals surface area (Å²) in [6, 6.07) is 8.70. The highest BCUT2D eigenvalue weighted by atomic mass is 79.9. The molecule has 2 N–H and O–H groups in total. The van der Waals surface area contributed by atoms with Crippen molar-refractivity contribution in [3.8, 4) is 0 Å². The quantitative estimate of drug-likeness (QED) is 0.806. The molecule has 0 aliphatic rings. The molecule has 0 radical (unpaired) electrons. The summed E-state index contributed by atoms with van der Waals surface area (Å²) in [7, 11) is 0. The Morgan fingerprint density at radius 1 is 1.11 bits per heavy atom. The van der Waals surface area contributed by atoms with E-state index in [-0.39, 0.29) is 10.8 Å². The summed E-state index contributed by atoms with van der Waals surface area (Å²) in [5.41, 5.74) is 7.16. The Labute approximate surface area is 123 Å². The van der Waals surface area contributed by atoms with Crippen LogP contribution in [-0.4, -0.2) is 0 Å². The van der Waals surface area contributed by atoms with Gasteiger partial charge in [0.2, 0.25) is 0 Å². The lowest BCUT2D eigenvalue weighted by Crippen LogP contribution is -2.15. The van der Waals surface area contributed by atoms with Gasteiger partial charge in [-0.05, 0) is 46.1 Å². The summed E-state index contributed by atoms with van der Waals surface area (Å²) in [6.45, 7) is 0. The molecule has 2 aromatic carbocycles. The van der Waals surface area contributed by atoms with Crippen molar-refractivity contribution in [1.82, 2.24) is 0 Å². The predicted octanol–water partition coefficient (Wildman–Crippen LogP) is 4.62. The Bertz CT molecular complexity index is 587. The highest BCUT2D eigenvalue weighted by molar-refractivity contribution is 9.10. The Balaban J connectivity index is 2.23. The van der Waals surface area contributed by atoms with Gasteiger partial charge >= 0.3 is 0 Å². The van der Waals surface area contributed by atoms with E-state index in [4.69, 9.17) is 17.3 Å². The van der Waals surface area contributed by atoms with Crippen LogP contribution in [0.15, 0.2) is 40.9 Å². The van der Waals surface area contributed by atoms with E-state index >= 15 is 0 Å². The second-order valence-corrected chi connectivity index (χ2v) is 5.43. The minimum Gasteiger partial charge on any atom is -0.324 e. The predicted molar refractivity (Wildman–Crippen MR) is 76.1 cm³/mol. The monoisotopic (exact) mass is 345 g/mol. The van der Waals surface area contributed by atoms with E-state index in [1.165, 1.54) is 12.1 Å². The van der Waals surface area contributed by atoms with E-state index in [9.17, 15) is 8.78 Å². The van der Waals surface area contributed by atoms with Crippen molar-refractivity contribution in [2.75, 3.05) is 0 Å². The lowest BCUT2D eigenvalue weighted by Gasteiger charge is -2.14. The van der Waals surface area contributed by atoms with Crippen molar-refractivity contribution in [2.24, 2.45) is 5.73 Å². The van der Waals surface area contributed by atoms with Crippen LogP contribution in [0.5, 0.6) is 0 Å². The van der Waals surface area contributed by atoms with Crippen LogP contribution in [-0.2, 0) is 6.42 Å². The van der Waals surface area contributed by atoms with E-state index < -0.39 is 11.9 Å². The molecule has 0 bridgehead atoms. The molecule has 2 aromatic rings. The summed E-state index contributed by atoms with van der Waals surface area (Å²) in [4.78, 5) is 0. The van der Waals surface area contributed by atoms with E-state index in [1.54, 1.807) is 24.3 Å². The molecule has 0 saturated carbocycles. The van der Waals surface area contributed by atoms with E-state index in [2.05, 4.69) is 15.9 Å². The summed E-state index contributed by atoms with van der Waals surface area (Å²) >= 11 is 8.97. The summed E-state index contributed by atoms with van der Waals surface area (Å²) in [6.07, 6.45) is 0.412. The summed E-state index contributed by atoms with van der Waals surface area (Å²) in [5, 5.41) is 0.0204. The molecule has 0 heterocycles. The Hall–Kier alpha value is -0.970. The Morgan fingerprint density at radius 3 is 2.37 bits per heavy atom. The van der Waals surface area contributed by atoms with Gasteiger partial charge in [-0.2, -0.15) is 0 Å². The van der Waals surface area contributed by atoms with Crippen molar-refractivity contribution >= 4 is 27.5 Å². The lowest BCUT2D eigenvalue weighted by atomic mass is 9.99. The number of rotatable bonds is 3. The summed E-state index contributed by atoms with van der Waals surface area (Å²) in [5.74, 6) is -0.833. The minimum absolute atomic E-state index is 0.0204. The van der Waals surface area contributed by atoms with Gasteiger partial charge in [0.25, 0.3) is 0 Å². The number of hydrogen-bond donors (Lipinski definition) is 1. The summed E-state index contributed by atoms with van der Waals surface area (Å²) < 4.78 is 27.3. The number of halogens is 4. The average molecular weight is 347 g/mol. The Kier molecular flexibility index (Phi) is 4.55. The topological polar surface area (TPSA) is 26.0 Å². The largest absolute Gasteiger partial charge is 0.324 e. The zero-order chi connectivity index (χ0) is 14.0. The third kappa shape index (κ3) is 3.32. The SMILES string of the molecule is NC(Cc1ccc(F)cc1)c1ccc(Br)c(Cl)c1F. The normalized spacial score (nSPS) is 12.5. The second kappa shape index (κ2) is 5.99. The van der Waals surface area contributed by atoms with Gasteiger partial charge in [0, 0.05) is 16.1 Å². The highest BCUT2D eigenvalue weighted by Gasteiger charge is 2.16. The molecule has 0 fully saturated rings. The molecular formula is C14H11BrClF2N. The van der Waals surface area contributed by atoms with E-state index in [0.29, 0.717) is 16.5 Å². The fraction of sp³-hybridized carbons (Fsp3) is 0.143. The molecule has 19 heavy (non-hydrogen) atoms. The van der Waals surface area contributed by atoms with Crippen LogP contribution in [0.1, 0.15) is 17.2 Å². The second-order valence-electron chi connectivity index (χ2n) is 4.20. The van der Waals surface area contributed by atoms with Crippen LogP contribution >= 0.6 is 27.5 Å². The molecule has 2 rings (SSSR count). The number of benzene rings is 2. The fourth-order valence-electron chi connectivity index (χ4n) is 1.81. The molecule has 1 atom stereocenters. The zero-order valence-corrected chi connectivity index (χ0v) is 12.2. The molecule has 0 saturated heterocycles. The molecular weight excluding hydrogens is 336 g/mol. The van der Waals surface area contributed by atoms with Gasteiger partial charge in [0.05, 0.1) is 5.02 Å². The molecule has 0 spiro atoms. The molecule has 0 aliphatic carbocycles. The third-order valence-electron chi connectivity index (χ3n) is 2.83. The van der Waals surface area contributed by atoms with Crippen LogP contribution in [0, 0.1) is 11.6 Å². The molecule has 5 heteroatoms. The van der Waals surface area contributed by atoms with Gasteiger partial charge < -0.3 is 5.73 Å². The van der Waals surface area contributed by atoms with Crippen LogP contribution < -0.4 is 5.73 Å². The fourth-order valence-corrected chi connectivity index (χ4v) is 2.29.